The number of halogens is 1. The Morgan fingerprint density at radius 2 is 1.89 bits per heavy atom. The number of aromatic hydroxyl groups is 1. The molecule has 0 saturated heterocycles. The van der Waals surface area contributed by atoms with Crippen LogP contribution < -0.4 is 4.80 Å². The Morgan fingerprint density at radius 1 is 1.11 bits per heavy atom. The molecule has 174 valence electrons. The number of fused-ring (bicyclic) bond motifs is 1. The van der Waals surface area contributed by atoms with Crippen LogP contribution in [0.15, 0.2) is 92.7 Å². The molecule has 2 heterocycles. The Bertz CT molecular complexity index is 1600. The highest BCUT2D eigenvalue weighted by Crippen LogP contribution is 2.33. The monoisotopic (exact) mass is 504 g/mol. The van der Waals surface area contributed by atoms with E-state index in [2.05, 4.69) is 5.10 Å². The number of nitrogens with zero attached hydrogens (tertiary/aromatic N) is 4. The van der Waals surface area contributed by atoms with Crippen LogP contribution >= 0.6 is 22.9 Å². The van der Waals surface area contributed by atoms with Crippen LogP contribution in [0.1, 0.15) is 11.1 Å². The first kappa shape index (κ1) is 22.6. The van der Waals surface area contributed by atoms with Crippen LogP contribution in [0.25, 0.3) is 22.4 Å². The second-order valence-corrected chi connectivity index (χ2v) is 8.80. The van der Waals surface area contributed by atoms with Gasteiger partial charge < -0.3 is 9.52 Å². The fourth-order valence-corrected chi connectivity index (χ4v) is 4.54. The molecule has 0 amide bonds. The van der Waals surface area contributed by atoms with Crippen molar-refractivity contribution in [3.8, 4) is 17.2 Å². The van der Waals surface area contributed by atoms with Gasteiger partial charge in [0, 0.05) is 27.4 Å². The zero-order valence-electron chi connectivity index (χ0n) is 18.0. The van der Waals surface area contributed by atoms with Gasteiger partial charge in [-0.15, -0.1) is 11.3 Å². The first-order valence-corrected chi connectivity index (χ1v) is 11.7. The molecule has 8 nitrogen and oxygen atoms in total. The molecule has 0 bridgehead atoms. The molecule has 0 aliphatic rings. The summed E-state index contributed by atoms with van der Waals surface area (Å²) in [5, 5.41) is 29.1. The van der Waals surface area contributed by atoms with Gasteiger partial charge in [-0.05, 0) is 23.8 Å². The maximum Gasteiger partial charge on any atom is 0.312 e. The molecule has 35 heavy (non-hydrogen) atoms. The number of aromatic nitrogens is 1. The van der Waals surface area contributed by atoms with E-state index < -0.39 is 16.4 Å². The third-order valence-electron chi connectivity index (χ3n) is 5.20. The van der Waals surface area contributed by atoms with E-state index in [1.54, 1.807) is 4.68 Å². The highest BCUT2D eigenvalue weighted by Gasteiger charge is 2.18. The fourth-order valence-electron chi connectivity index (χ4n) is 3.50. The predicted molar refractivity (Wildman–Crippen MR) is 136 cm³/mol. The number of thiazole rings is 1. The average Bonchev–Trinajstić information content (AvgIpc) is 3.47. The molecule has 2 aromatic heterocycles. The zero-order valence-corrected chi connectivity index (χ0v) is 19.6. The number of rotatable bonds is 6. The Morgan fingerprint density at radius 3 is 2.66 bits per heavy atom. The Kier molecular flexibility index (Phi) is 6.17. The van der Waals surface area contributed by atoms with E-state index in [1.807, 2.05) is 66.0 Å². The topological polar surface area (TPSA) is 106 Å². The minimum absolute atomic E-state index is 0.104. The lowest BCUT2D eigenvalue weighted by molar-refractivity contribution is -0.385. The van der Waals surface area contributed by atoms with Crippen molar-refractivity contribution in [2.24, 2.45) is 10.1 Å². The number of furan rings is 1. The Hall–Kier alpha value is -4.21. The first-order valence-electron chi connectivity index (χ1n) is 10.4. The average molecular weight is 505 g/mol. The summed E-state index contributed by atoms with van der Waals surface area (Å²) in [6.45, 7) is 0.435. The molecule has 1 N–H and O–H groups in total. The van der Waals surface area contributed by atoms with E-state index in [4.69, 9.17) is 21.0 Å². The van der Waals surface area contributed by atoms with Crippen molar-refractivity contribution in [1.82, 2.24) is 4.68 Å². The molecule has 0 unspecified atom stereocenters. The van der Waals surface area contributed by atoms with Gasteiger partial charge in [0.15, 0.2) is 5.76 Å². The van der Waals surface area contributed by atoms with Crippen LogP contribution in [-0.2, 0) is 6.54 Å². The van der Waals surface area contributed by atoms with Crippen molar-refractivity contribution in [1.29, 1.82) is 0 Å². The van der Waals surface area contributed by atoms with Gasteiger partial charge in [0.2, 0.25) is 10.6 Å². The molecule has 0 atom stereocenters. The summed E-state index contributed by atoms with van der Waals surface area (Å²) in [6, 6.07) is 21.8. The van der Waals surface area contributed by atoms with Crippen LogP contribution in [0.5, 0.6) is 5.75 Å². The van der Waals surface area contributed by atoms with Gasteiger partial charge >= 0.3 is 5.69 Å². The van der Waals surface area contributed by atoms with E-state index in [0.717, 1.165) is 22.6 Å². The maximum absolute atomic E-state index is 11.3. The van der Waals surface area contributed by atoms with Crippen LogP contribution in [0.2, 0.25) is 5.02 Å². The van der Waals surface area contributed by atoms with Crippen LogP contribution in [0.3, 0.4) is 0 Å². The smallest absolute Gasteiger partial charge is 0.312 e. The molecule has 0 radical (unpaired) electrons. The second kappa shape index (κ2) is 9.57. The van der Waals surface area contributed by atoms with Gasteiger partial charge in [-0.1, -0.05) is 60.1 Å². The lowest BCUT2D eigenvalue weighted by Gasteiger charge is -2.03. The summed E-state index contributed by atoms with van der Waals surface area (Å²) in [5.41, 5.74) is 2.01. The van der Waals surface area contributed by atoms with Gasteiger partial charge in [-0.2, -0.15) is 5.10 Å². The van der Waals surface area contributed by atoms with E-state index in [1.165, 1.54) is 23.6 Å². The molecule has 5 rings (SSSR count). The number of para-hydroxylation sites is 1. The molecule has 0 aliphatic carbocycles. The predicted octanol–water partition coefficient (Wildman–Crippen LogP) is 6.21. The number of nitro benzene ring substituents is 1. The molecule has 0 spiro atoms. The number of hydrogen-bond donors (Lipinski definition) is 1. The van der Waals surface area contributed by atoms with E-state index in [9.17, 15) is 15.2 Å². The highest BCUT2D eigenvalue weighted by atomic mass is 35.5. The normalized spacial score (nSPS) is 12.1. The SMILES string of the molecule is O=[N+]([O-])c1cc(Cl)cc(C=Nn2c(-c3cc4ccccc4o3)csc2=NCc2ccccc2)c1O. The van der Waals surface area contributed by atoms with Gasteiger partial charge in [0.25, 0.3) is 0 Å². The van der Waals surface area contributed by atoms with E-state index in [0.29, 0.717) is 22.8 Å². The summed E-state index contributed by atoms with van der Waals surface area (Å²) in [5.74, 6) is 0.0640. The summed E-state index contributed by atoms with van der Waals surface area (Å²) in [7, 11) is 0. The minimum atomic E-state index is -0.698. The molecular weight excluding hydrogens is 488 g/mol. The Balaban J connectivity index is 1.62. The van der Waals surface area contributed by atoms with Crippen LogP contribution in [0.4, 0.5) is 5.69 Å². The third kappa shape index (κ3) is 4.72. The maximum atomic E-state index is 11.3. The molecule has 5 aromatic rings. The van der Waals surface area contributed by atoms with Crippen molar-refractivity contribution in [3.05, 3.63) is 109 Å². The largest absolute Gasteiger partial charge is 0.502 e. The van der Waals surface area contributed by atoms with E-state index >= 15 is 0 Å². The number of phenolic OH excluding ortho intramolecular Hbond substituents is 1. The molecule has 10 heteroatoms. The lowest BCUT2D eigenvalue weighted by atomic mass is 10.2. The Labute approximate surface area is 207 Å². The number of benzene rings is 3. The summed E-state index contributed by atoms with van der Waals surface area (Å²) in [4.78, 5) is 15.9. The minimum Gasteiger partial charge on any atom is -0.502 e. The van der Waals surface area contributed by atoms with Crippen molar-refractivity contribution in [2.75, 3.05) is 0 Å². The fraction of sp³-hybridized carbons (Fsp3) is 0.0400. The molecule has 0 saturated carbocycles. The van der Waals surface area contributed by atoms with Crippen LogP contribution in [0, 0.1) is 10.1 Å². The zero-order chi connectivity index (χ0) is 24.4. The van der Waals surface area contributed by atoms with Gasteiger partial charge in [0.1, 0.15) is 11.3 Å². The molecule has 0 aliphatic heterocycles. The number of nitro groups is 1. The third-order valence-corrected chi connectivity index (χ3v) is 6.27. The molecule has 0 fully saturated rings. The van der Waals surface area contributed by atoms with Gasteiger partial charge in [0.05, 0.1) is 17.7 Å². The summed E-state index contributed by atoms with van der Waals surface area (Å²) >= 11 is 7.41. The van der Waals surface area contributed by atoms with Crippen molar-refractivity contribution in [3.63, 3.8) is 0 Å². The summed E-state index contributed by atoms with van der Waals surface area (Å²) in [6.07, 6.45) is 1.31. The van der Waals surface area contributed by atoms with Crippen molar-refractivity contribution in [2.45, 2.75) is 6.54 Å². The van der Waals surface area contributed by atoms with E-state index in [-0.39, 0.29) is 10.6 Å². The quantitative estimate of drug-likeness (QED) is 0.168. The van der Waals surface area contributed by atoms with Gasteiger partial charge in [-0.3, -0.25) is 15.1 Å². The first-order chi connectivity index (χ1) is 17.0. The number of phenols is 1. The lowest BCUT2D eigenvalue weighted by Crippen LogP contribution is -2.12. The highest BCUT2D eigenvalue weighted by molar-refractivity contribution is 7.07. The molecule has 3 aromatic carbocycles. The van der Waals surface area contributed by atoms with Crippen molar-refractivity contribution >= 4 is 45.8 Å². The second-order valence-electron chi connectivity index (χ2n) is 7.53. The molecular formula is C25H17ClN4O4S. The standard InChI is InChI=1S/C25H17ClN4O4S/c26-19-10-18(24(31)20(12-19)30(32)33)14-28-29-21(23-11-17-8-4-5-9-22(17)34-23)15-35-25(29)27-13-16-6-2-1-3-7-16/h1-12,14-15,31H,13H2. The van der Waals surface area contributed by atoms with Gasteiger partial charge in [-0.25, -0.2) is 4.68 Å². The number of hydrogen-bond acceptors (Lipinski definition) is 7. The van der Waals surface area contributed by atoms with Crippen molar-refractivity contribution < 1.29 is 14.4 Å². The van der Waals surface area contributed by atoms with Crippen LogP contribution in [-0.4, -0.2) is 20.9 Å². The summed E-state index contributed by atoms with van der Waals surface area (Å²) < 4.78 is 7.61.